The molecule has 1 saturated heterocycles. The summed E-state index contributed by atoms with van der Waals surface area (Å²) < 4.78 is 30.5. The van der Waals surface area contributed by atoms with Gasteiger partial charge in [-0.25, -0.2) is 0 Å². The van der Waals surface area contributed by atoms with Crippen molar-refractivity contribution < 1.29 is 28.2 Å². The van der Waals surface area contributed by atoms with Gasteiger partial charge in [-0.15, -0.1) is 0 Å². The maximum absolute atomic E-state index is 13.6. The van der Waals surface area contributed by atoms with Crippen molar-refractivity contribution in [1.82, 2.24) is 0 Å². The van der Waals surface area contributed by atoms with E-state index < -0.39 is 14.4 Å². The second-order valence-electron chi connectivity index (χ2n) is 14.8. The number of benzene rings is 3. The molecule has 0 bridgehead atoms. The molecule has 6 nitrogen and oxygen atoms in total. The van der Waals surface area contributed by atoms with E-state index in [4.69, 9.17) is 23.4 Å². The van der Waals surface area contributed by atoms with Gasteiger partial charge < -0.3 is 23.4 Å². The molecule has 1 fully saturated rings. The minimum absolute atomic E-state index is 0.0401. The van der Waals surface area contributed by atoms with Crippen molar-refractivity contribution in [2.75, 3.05) is 26.9 Å². The molecule has 280 valence electrons. The summed E-state index contributed by atoms with van der Waals surface area (Å²) in [5.41, 5.74) is 3.62. The normalized spacial score (nSPS) is 16.6. The average molecular weight is 725 g/mol. The van der Waals surface area contributed by atoms with Crippen LogP contribution >= 0.6 is 0 Å². The molecule has 0 aromatic heterocycles. The van der Waals surface area contributed by atoms with E-state index in [1.807, 2.05) is 42.5 Å². The summed E-state index contributed by atoms with van der Waals surface area (Å²) in [5, 5.41) is 2.13. The smallest absolute Gasteiger partial charge is 0.261 e. The molecule has 0 amide bonds. The van der Waals surface area contributed by atoms with Crippen molar-refractivity contribution in [3.63, 3.8) is 0 Å². The third kappa shape index (κ3) is 12.8. The first kappa shape index (κ1) is 41.2. The number of allylic oxidation sites excluding steroid dienone is 5. The Kier molecular flexibility index (Phi) is 16.8. The first-order valence-electron chi connectivity index (χ1n) is 18.8. The highest BCUT2D eigenvalue weighted by Crippen LogP contribution is 2.38. The lowest BCUT2D eigenvalue weighted by Gasteiger charge is -2.45. The zero-order valence-corrected chi connectivity index (χ0v) is 33.3. The fourth-order valence-electron chi connectivity index (χ4n) is 6.59. The highest BCUT2D eigenvalue weighted by Gasteiger charge is 2.51. The van der Waals surface area contributed by atoms with Gasteiger partial charge in [0.05, 0.1) is 33.0 Å². The Morgan fingerprint density at radius 2 is 1.58 bits per heavy atom. The van der Waals surface area contributed by atoms with Gasteiger partial charge in [0, 0.05) is 13.0 Å². The van der Waals surface area contributed by atoms with E-state index in [9.17, 15) is 4.79 Å². The Labute approximate surface area is 314 Å². The maximum Gasteiger partial charge on any atom is 0.261 e. The van der Waals surface area contributed by atoms with Gasteiger partial charge in [0.15, 0.2) is 12.1 Å². The van der Waals surface area contributed by atoms with Crippen molar-refractivity contribution >= 4 is 24.5 Å². The monoisotopic (exact) mass is 724 g/mol. The topological polar surface area (TPSA) is 63.2 Å². The molecule has 0 saturated carbocycles. The number of ketones is 1. The molecule has 0 N–H and O–H groups in total. The Hall–Kier alpha value is -3.59. The molecule has 7 heteroatoms. The van der Waals surface area contributed by atoms with Crippen molar-refractivity contribution in [3.8, 4) is 5.75 Å². The van der Waals surface area contributed by atoms with Crippen LogP contribution in [0.25, 0.3) is 0 Å². The second-order valence-corrected chi connectivity index (χ2v) is 19.1. The van der Waals surface area contributed by atoms with Gasteiger partial charge in [-0.05, 0) is 91.6 Å². The minimum Gasteiger partial charge on any atom is -0.497 e. The molecule has 0 radical (unpaired) electrons. The lowest BCUT2D eigenvalue weighted by molar-refractivity contribution is -0.155. The number of methoxy groups -OCH3 is 1. The second kappa shape index (κ2) is 21.2. The molecule has 3 aromatic rings. The quantitative estimate of drug-likeness (QED) is 0.0658. The van der Waals surface area contributed by atoms with E-state index in [-0.39, 0.29) is 23.5 Å². The van der Waals surface area contributed by atoms with Gasteiger partial charge in [-0.3, -0.25) is 4.79 Å². The molecule has 1 heterocycles. The van der Waals surface area contributed by atoms with Crippen LogP contribution in [0, 0.1) is 0 Å². The van der Waals surface area contributed by atoms with Gasteiger partial charge in [0.2, 0.25) is 0 Å². The SMILES string of the molecule is COc1ccc(COC[C@@H](CC(=O)/C=C/CC/C(C)=C\C/C(C)=C\COC2CCCCO2)O[Si](c2ccccc2)(c2ccccc2)C(C)(C)C)cc1. The van der Waals surface area contributed by atoms with E-state index in [1.54, 1.807) is 13.2 Å². The molecule has 3 aromatic carbocycles. The molecule has 4 rings (SSSR count). The maximum atomic E-state index is 13.6. The summed E-state index contributed by atoms with van der Waals surface area (Å²) in [7, 11) is -1.25. The largest absolute Gasteiger partial charge is 0.497 e. The number of hydrogen-bond acceptors (Lipinski definition) is 6. The number of rotatable bonds is 20. The molecule has 2 atom stereocenters. The summed E-state index contributed by atoms with van der Waals surface area (Å²) in [6.07, 6.45) is 13.7. The van der Waals surface area contributed by atoms with Crippen LogP contribution in [0.1, 0.15) is 85.1 Å². The summed E-state index contributed by atoms with van der Waals surface area (Å²) in [6, 6.07) is 29.0. The van der Waals surface area contributed by atoms with Gasteiger partial charge in [-0.2, -0.15) is 0 Å². The number of carbonyl (C=O) groups excluding carboxylic acids is 1. The van der Waals surface area contributed by atoms with Crippen LogP contribution in [0.15, 0.2) is 120 Å². The Balaban J connectivity index is 1.42. The van der Waals surface area contributed by atoms with Gasteiger partial charge in [0.1, 0.15) is 5.75 Å². The highest BCUT2D eigenvalue weighted by atomic mass is 28.4. The summed E-state index contributed by atoms with van der Waals surface area (Å²) in [4.78, 5) is 13.6. The summed E-state index contributed by atoms with van der Waals surface area (Å²) in [6.45, 7) is 13.1. The van der Waals surface area contributed by atoms with Crippen LogP contribution < -0.4 is 15.1 Å². The van der Waals surface area contributed by atoms with Crippen LogP contribution in [0.5, 0.6) is 5.75 Å². The number of hydrogen-bond donors (Lipinski definition) is 0. The van der Waals surface area contributed by atoms with Crippen LogP contribution in [-0.4, -0.2) is 53.4 Å². The molecule has 1 aliphatic heterocycles. The van der Waals surface area contributed by atoms with E-state index in [1.165, 1.54) is 27.9 Å². The fraction of sp³-hybridized carbons (Fsp3) is 0.444. The van der Waals surface area contributed by atoms with Crippen LogP contribution in [-0.2, 0) is 30.0 Å². The van der Waals surface area contributed by atoms with Crippen LogP contribution in [0.2, 0.25) is 5.04 Å². The van der Waals surface area contributed by atoms with E-state index in [0.717, 1.165) is 50.0 Å². The minimum atomic E-state index is -2.91. The molecule has 0 aliphatic carbocycles. The molecule has 52 heavy (non-hydrogen) atoms. The van der Waals surface area contributed by atoms with Crippen molar-refractivity contribution in [1.29, 1.82) is 0 Å². The number of ether oxygens (including phenoxy) is 4. The zero-order valence-electron chi connectivity index (χ0n) is 32.3. The fourth-order valence-corrected chi connectivity index (χ4v) is 11.3. The first-order valence-corrected chi connectivity index (χ1v) is 20.7. The average Bonchev–Trinajstić information content (AvgIpc) is 3.15. The summed E-state index contributed by atoms with van der Waals surface area (Å²) in [5.74, 6) is 0.844. The molecular weight excluding hydrogens is 665 g/mol. The van der Waals surface area contributed by atoms with Gasteiger partial charge in [0.25, 0.3) is 8.32 Å². The van der Waals surface area contributed by atoms with Crippen molar-refractivity contribution in [2.45, 2.75) is 104 Å². The third-order valence-electron chi connectivity index (χ3n) is 9.55. The van der Waals surface area contributed by atoms with E-state index >= 15 is 0 Å². The zero-order chi connectivity index (χ0) is 37.2. The predicted molar refractivity (Wildman–Crippen MR) is 215 cm³/mol. The van der Waals surface area contributed by atoms with Crippen LogP contribution in [0.3, 0.4) is 0 Å². The van der Waals surface area contributed by atoms with E-state index in [2.05, 4.69) is 95.3 Å². The Morgan fingerprint density at radius 1 is 0.904 bits per heavy atom. The van der Waals surface area contributed by atoms with Gasteiger partial charge >= 0.3 is 0 Å². The molecule has 1 unspecified atom stereocenters. The van der Waals surface area contributed by atoms with Crippen molar-refractivity contribution in [3.05, 3.63) is 126 Å². The van der Waals surface area contributed by atoms with E-state index in [0.29, 0.717) is 19.8 Å². The summed E-state index contributed by atoms with van der Waals surface area (Å²) >= 11 is 0. The highest BCUT2D eigenvalue weighted by molar-refractivity contribution is 6.99. The number of carbonyl (C=O) groups is 1. The van der Waals surface area contributed by atoms with Crippen LogP contribution in [0.4, 0.5) is 0 Å². The van der Waals surface area contributed by atoms with Crippen molar-refractivity contribution in [2.24, 2.45) is 0 Å². The lowest BCUT2D eigenvalue weighted by atomic mass is 10.1. The van der Waals surface area contributed by atoms with Gasteiger partial charge in [-0.1, -0.05) is 123 Å². The Morgan fingerprint density at radius 3 is 2.17 bits per heavy atom. The molecule has 0 spiro atoms. The Bertz CT molecular complexity index is 1530. The molecular formula is C45H60O6Si. The first-order chi connectivity index (χ1) is 25.1. The molecule has 1 aliphatic rings. The predicted octanol–water partition coefficient (Wildman–Crippen LogP) is 9.28. The lowest BCUT2D eigenvalue weighted by Crippen LogP contribution is -2.68. The standard InChI is InChI=1S/C45H60O6Si/c1-36(24-25-37(2)30-32-50-44-23-15-16-31-49-44)17-13-14-18-39(46)33-41(35-48-34-38-26-28-40(47-6)29-27-38)51-52(45(3,4)5,42-19-9-7-10-20-42)43-21-11-8-12-22-43/h7-12,14,18-22,24,26-30,41,44H,13,15-17,23,25,31-35H2,1-6H3/b18-14+,36-24-,37-30-/t41-,44?/m1/s1. The third-order valence-corrected chi connectivity index (χ3v) is 14.6.